The van der Waals surface area contributed by atoms with Crippen molar-refractivity contribution in [3.8, 4) is 0 Å². The third-order valence-electron chi connectivity index (χ3n) is 3.23. The Hall–Kier alpha value is -1.38. The van der Waals surface area contributed by atoms with Gasteiger partial charge in [-0.05, 0) is 41.7 Å². The number of aliphatic hydroxyl groups is 1. The molecule has 0 spiro atoms. The van der Waals surface area contributed by atoms with Crippen LogP contribution in [0, 0.1) is 11.7 Å². The van der Waals surface area contributed by atoms with Crippen LogP contribution in [0.25, 0.3) is 0 Å². The van der Waals surface area contributed by atoms with Crippen molar-refractivity contribution < 1.29 is 9.50 Å². The average molecular weight is 279 g/mol. The molecule has 2 unspecified atom stereocenters. The van der Waals surface area contributed by atoms with Crippen molar-refractivity contribution in [1.29, 1.82) is 0 Å². The summed E-state index contributed by atoms with van der Waals surface area (Å²) < 4.78 is 13.7. The van der Waals surface area contributed by atoms with E-state index in [0.29, 0.717) is 17.0 Å². The third-order valence-corrected chi connectivity index (χ3v) is 3.46. The number of halogens is 2. The maximum Gasteiger partial charge on any atom is 0.126 e. The molecule has 0 saturated carbocycles. The second-order valence-corrected chi connectivity index (χ2v) is 5.21. The van der Waals surface area contributed by atoms with E-state index in [-0.39, 0.29) is 11.7 Å². The van der Waals surface area contributed by atoms with Gasteiger partial charge in [-0.3, -0.25) is 0 Å². The van der Waals surface area contributed by atoms with E-state index < -0.39 is 6.10 Å². The van der Waals surface area contributed by atoms with Crippen molar-refractivity contribution in [3.05, 3.63) is 70.5 Å². The number of hydrogen-bond donors (Lipinski definition) is 1. The Labute approximate surface area is 117 Å². The molecule has 0 aliphatic heterocycles. The largest absolute Gasteiger partial charge is 0.388 e. The van der Waals surface area contributed by atoms with Gasteiger partial charge in [-0.15, -0.1) is 0 Å². The van der Waals surface area contributed by atoms with Crippen molar-refractivity contribution in [2.24, 2.45) is 5.92 Å². The quantitative estimate of drug-likeness (QED) is 0.879. The van der Waals surface area contributed by atoms with Gasteiger partial charge < -0.3 is 5.11 Å². The summed E-state index contributed by atoms with van der Waals surface area (Å²) in [6.45, 7) is 1.90. The van der Waals surface area contributed by atoms with Gasteiger partial charge in [0.25, 0.3) is 0 Å². The van der Waals surface area contributed by atoms with Crippen LogP contribution in [0.4, 0.5) is 4.39 Å². The van der Waals surface area contributed by atoms with Crippen LogP contribution >= 0.6 is 11.6 Å². The molecule has 0 saturated heterocycles. The third kappa shape index (κ3) is 3.55. The fourth-order valence-electron chi connectivity index (χ4n) is 2.14. The Kier molecular flexibility index (Phi) is 4.56. The highest BCUT2D eigenvalue weighted by Crippen LogP contribution is 2.26. The molecule has 2 aromatic rings. The van der Waals surface area contributed by atoms with Gasteiger partial charge >= 0.3 is 0 Å². The van der Waals surface area contributed by atoms with Crippen LogP contribution in [0.1, 0.15) is 24.2 Å². The Morgan fingerprint density at radius 2 is 1.84 bits per heavy atom. The van der Waals surface area contributed by atoms with E-state index in [9.17, 15) is 9.50 Å². The Balaban J connectivity index is 2.12. The van der Waals surface area contributed by atoms with Gasteiger partial charge in [0.05, 0.1) is 6.10 Å². The SMILES string of the molecule is CC(Cc1cc(Cl)ccc1F)C(O)c1ccccc1. The molecular weight excluding hydrogens is 263 g/mol. The first-order chi connectivity index (χ1) is 9.08. The molecule has 0 amide bonds. The molecular formula is C16H16ClFO. The first-order valence-electron chi connectivity index (χ1n) is 6.25. The van der Waals surface area contributed by atoms with E-state index >= 15 is 0 Å². The van der Waals surface area contributed by atoms with Gasteiger partial charge in [0.15, 0.2) is 0 Å². The molecule has 0 aliphatic rings. The van der Waals surface area contributed by atoms with Gasteiger partial charge in [-0.1, -0.05) is 48.9 Å². The smallest absolute Gasteiger partial charge is 0.126 e. The van der Waals surface area contributed by atoms with Crippen LogP contribution in [0.15, 0.2) is 48.5 Å². The van der Waals surface area contributed by atoms with Gasteiger partial charge in [-0.2, -0.15) is 0 Å². The van der Waals surface area contributed by atoms with E-state index in [1.54, 1.807) is 6.07 Å². The van der Waals surface area contributed by atoms with Gasteiger partial charge in [0, 0.05) is 5.02 Å². The predicted molar refractivity (Wildman–Crippen MR) is 75.7 cm³/mol. The summed E-state index contributed by atoms with van der Waals surface area (Å²) in [6.07, 6.45) is -0.165. The molecule has 0 radical (unpaired) electrons. The molecule has 0 heterocycles. The monoisotopic (exact) mass is 278 g/mol. The summed E-state index contributed by atoms with van der Waals surface area (Å²) in [7, 11) is 0. The Bertz CT molecular complexity index is 542. The molecule has 2 atom stereocenters. The van der Waals surface area contributed by atoms with Crippen molar-refractivity contribution >= 4 is 11.6 Å². The van der Waals surface area contributed by atoms with Crippen LogP contribution in [0.3, 0.4) is 0 Å². The van der Waals surface area contributed by atoms with Crippen molar-refractivity contribution in [3.63, 3.8) is 0 Å². The van der Waals surface area contributed by atoms with Crippen molar-refractivity contribution in [1.82, 2.24) is 0 Å². The lowest BCUT2D eigenvalue weighted by molar-refractivity contribution is 0.117. The van der Waals surface area contributed by atoms with Gasteiger partial charge in [0.1, 0.15) is 5.82 Å². The summed E-state index contributed by atoms with van der Waals surface area (Å²) in [5, 5.41) is 10.8. The summed E-state index contributed by atoms with van der Waals surface area (Å²) in [4.78, 5) is 0. The lowest BCUT2D eigenvalue weighted by Gasteiger charge is -2.19. The number of benzene rings is 2. The molecule has 1 nitrogen and oxygen atoms in total. The number of hydrogen-bond acceptors (Lipinski definition) is 1. The van der Waals surface area contributed by atoms with Crippen molar-refractivity contribution in [2.75, 3.05) is 0 Å². The maximum atomic E-state index is 13.7. The lowest BCUT2D eigenvalue weighted by atomic mass is 9.91. The summed E-state index contributed by atoms with van der Waals surface area (Å²) in [5.74, 6) is -0.369. The second kappa shape index (κ2) is 6.18. The topological polar surface area (TPSA) is 20.2 Å². The maximum absolute atomic E-state index is 13.7. The average Bonchev–Trinajstić information content (AvgIpc) is 2.43. The molecule has 0 aromatic heterocycles. The zero-order valence-corrected chi connectivity index (χ0v) is 11.4. The highest BCUT2D eigenvalue weighted by atomic mass is 35.5. The number of aliphatic hydroxyl groups excluding tert-OH is 1. The van der Waals surface area contributed by atoms with Crippen LogP contribution in [0.2, 0.25) is 5.02 Å². The predicted octanol–water partition coefficient (Wildman–Crippen LogP) is 4.39. The minimum absolute atomic E-state index is 0.0876. The molecule has 19 heavy (non-hydrogen) atoms. The molecule has 3 heteroatoms. The fraction of sp³-hybridized carbons (Fsp3) is 0.250. The molecule has 0 bridgehead atoms. The van der Waals surface area contributed by atoms with Crippen LogP contribution < -0.4 is 0 Å². The molecule has 0 fully saturated rings. The molecule has 0 aliphatic carbocycles. The van der Waals surface area contributed by atoms with Crippen LogP contribution in [-0.2, 0) is 6.42 Å². The lowest BCUT2D eigenvalue weighted by Crippen LogP contribution is -2.12. The molecule has 2 rings (SSSR count). The minimum Gasteiger partial charge on any atom is -0.388 e. The standard InChI is InChI=1S/C16H16ClFO/c1-11(16(19)12-5-3-2-4-6-12)9-13-10-14(17)7-8-15(13)18/h2-8,10-11,16,19H,9H2,1H3. The summed E-state index contributed by atoms with van der Waals surface area (Å²) in [5.41, 5.74) is 1.38. The summed E-state index contributed by atoms with van der Waals surface area (Å²) >= 11 is 5.87. The normalized spacial score (nSPS) is 14.1. The first kappa shape index (κ1) is 14.0. The Morgan fingerprint density at radius 3 is 2.53 bits per heavy atom. The van der Waals surface area contributed by atoms with Crippen LogP contribution in [0.5, 0.6) is 0 Å². The zero-order valence-electron chi connectivity index (χ0n) is 10.7. The second-order valence-electron chi connectivity index (χ2n) is 4.77. The van der Waals surface area contributed by atoms with E-state index in [1.165, 1.54) is 12.1 Å². The highest BCUT2D eigenvalue weighted by Gasteiger charge is 2.18. The van der Waals surface area contributed by atoms with Crippen LogP contribution in [-0.4, -0.2) is 5.11 Å². The van der Waals surface area contributed by atoms with E-state index in [2.05, 4.69) is 0 Å². The Morgan fingerprint density at radius 1 is 1.16 bits per heavy atom. The van der Waals surface area contributed by atoms with E-state index in [0.717, 1.165) is 5.56 Å². The van der Waals surface area contributed by atoms with E-state index in [4.69, 9.17) is 11.6 Å². The zero-order chi connectivity index (χ0) is 13.8. The van der Waals surface area contributed by atoms with Gasteiger partial charge in [0.2, 0.25) is 0 Å². The fourth-order valence-corrected chi connectivity index (χ4v) is 2.33. The van der Waals surface area contributed by atoms with Gasteiger partial charge in [-0.25, -0.2) is 4.39 Å². The van der Waals surface area contributed by atoms with Crippen molar-refractivity contribution in [2.45, 2.75) is 19.4 Å². The molecule has 1 N–H and O–H groups in total. The minimum atomic E-state index is -0.611. The summed E-state index contributed by atoms with van der Waals surface area (Å²) in [6, 6.07) is 13.9. The highest BCUT2D eigenvalue weighted by molar-refractivity contribution is 6.30. The first-order valence-corrected chi connectivity index (χ1v) is 6.62. The van der Waals surface area contributed by atoms with E-state index in [1.807, 2.05) is 37.3 Å². The molecule has 100 valence electrons. The molecule has 2 aromatic carbocycles. The number of rotatable bonds is 4.